The third kappa shape index (κ3) is 3.20. The summed E-state index contributed by atoms with van der Waals surface area (Å²) in [6.07, 6.45) is 1.09. The lowest BCUT2D eigenvalue weighted by Gasteiger charge is -2.15. The van der Waals surface area contributed by atoms with Crippen LogP contribution in [0, 0.1) is 0 Å². The zero-order chi connectivity index (χ0) is 12.4. The van der Waals surface area contributed by atoms with Crippen molar-refractivity contribution in [2.45, 2.75) is 12.5 Å². The number of carboxylic acids is 1. The second-order valence-electron chi connectivity index (χ2n) is 4.43. The van der Waals surface area contributed by atoms with E-state index in [-0.39, 0.29) is 0 Å². The van der Waals surface area contributed by atoms with Crippen LogP contribution in [0.3, 0.4) is 0 Å². The Balaban J connectivity index is 2.12. The fraction of sp³-hybridized carbons (Fsp3) is 0.417. The molecule has 4 nitrogen and oxygen atoms in total. The normalized spacial score (nSPS) is 20.5. The highest BCUT2D eigenvalue weighted by Crippen LogP contribution is 2.22. The van der Waals surface area contributed by atoms with Crippen LogP contribution in [0.2, 0.25) is 0 Å². The molecule has 0 spiro atoms. The van der Waals surface area contributed by atoms with Gasteiger partial charge in [-0.3, -0.25) is 0 Å². The van der Waals surface area contributed by atoms with Crippen molar-refractivity contribution < 1.29 is 9.90 Å². The highest BCUT2D eigenvalue weighted by molar-refractivity contribution is 9.10. The molecule has 1 aliphatic rings. The van der Waals surface area contributed by atoms with Crippen LogP contribution in [0.5, 0.6) is 0 Å². The van der Waals surface area contributed by atoms with Crippen molar-refractivity contribution in [1.29, 1.82) is 0 Å². The summed E-state index contributed by atoms with van der Waals surface area (Å²) in [4.78, 5) is 13.2. The van der Waals surface area contributed by atoms with Crippen LogP contribution in [-0.4, -0.2) is 42.2 Å². The van der Waals surface area contributed by atoms with E-state index in [0.29, 0.717) is 11.6 Å². The Bertz CT molecular complexity index is 437. The summed E-state index contributed by atoms with van der Waals surface area (Å²) in [6.45, 7) is 2.08. The molecule has 1 atom stereocenters. The van der Waals surface area contributed by atoms with Gasteiger partial charge in [0.15, 0.2) is 0 Å². The lowest BCUT2D eigenvalue weighted by molar-refractivity contribution is 0.0697. The molecule has 0 aliphatic carbocycles. The van der Waals surface area contributed by atoms with E-state index in [0.717, 1.165) is 29.7 Å². The van der Waals surface area contributed by atoms with Crippen LogP contribution < -0.4 is 5.32 Å². The maximum Gasteiger partial charge on any atom is 0.335 e. The van der Waals surface area contributed by atoms with Gasteiger partial charge in [0.1, 0.15) is 0 Å². The number of hydrogen-bond donors (Lipinski definition) is 2. The van der Waals surface area contributed by atoms with E-state index < -0.39 is 5.97 Å². The van der Waals surface area contributed by atoms with Crippen LogP contribution in [0.1, 0.15) is 16.8 Å². The lowest BCUT2D eigenvalue weighted by atomic mass is 10.2. The number of rotatable bonds is 3. The molecule has 1 aromatic rings. The first-order valence-corrected chi connectivity index (χ1v) is 6.33. The predicted octanol–water partition coefficient (Wildman–Crippen LogP) is 2.26. The molecule has 1 aromatic carbocycles. The van der Waals surface area contributed by atoms with Gasteiger partial charge in [-0.05, 0) is 38.2 Å². The van der Waals surface area contributed by atoms with Gasteiger partial charge in [-0.25, -0.2) is 4.79 Å². The predicted molar refractivity (Wildman–Crippen MR) is 70.6 cm³/mol. The molecular formula is C12H15BrN2O2. The van der Waals surface area contributed by atoms with E-state index in [2.05, 4.69) is 33.2 Å². The van der Waals surface area contributed by atoms with Gasteiger partial charge in [0.2, 0.25) is 0 Å². The van der Waals surface area contributed by atoms with Gasteiger partial charge in [-0.2, -0.15) is 0 Å². The summed E-state index contributed by atoms with van der Waals surface area (Å²) >= 11 is 3.33. The molecule has 92 valence electrons. The SMILES string of the molecule is CN1CCC(Nc2cc(Br)cc(C(=O)O)c2)C1. The van der Waals surface area contributed by atoms with Gasteiger partial charge in [0, 0.05) is 22.7 Å². The Morgan fingerprint density at radius 3 is 2.88 bits per heavy atom. The fourth-order valence-corrected chi connectivity index (χ4v) is 2.58. The smallest absolute Gasteiger partial charge is 0.335 e. The number of anilines is 1. The number of nitrogens with one attached hydrogen (secondary N) is 1. The second kappa shape index (κ2) is 5.06. The minimum absolute atomic E-state index is 0.299. The van der Waals surface area contributed by atoms with E-state index in [9.17, 15) is 4.79 Å². The van der Waals surface area contributed by atoms with Gasteiger partial charge < -0.3 is 15.3 Å². The molecule has 0 aromatic heterocycles. The Kier molecular flexibility index (Phi) is 3.69. The summed E-state index contributed by atoms with van der Waals surface area (Å²) in [5.41, 5.74) is 1.16. The van der Waals surface area contributed by atoms with Gasteiger partial charge in [-0.1, -0.05) is 15.9 Å². The Morgan fingerprint density at radius 2 is 2.29 bits per heavy atom. The van der Waals surface area contributed by atoms with E-state index in [1.54, 1.807) is 12.1 Å². The molecule has 0 radical (unpaired) electrons. The topological polar surface area (TPSA) is 52.6 Å². The third-order valence-corrected chi connectivity index (χ3v) is 3.36. The van der Waals surface area contributed by atoms with Crippen LogP contribution in [0.4, 0.5) is 5.69 Å². The number of nitrogens with zero attached hydrogens (tertiary/aromatic N) is 1. The average Bonchev–Trinajstić information content (AvgIpc) is 2.63. The Hall–Kier alpha value is -1.07. The minimum Gasteiger partial charge on any atom is -0.478 e. The summed E-state index contributed by atoms with van der Waals surface area (Å²) in [7, 11) is 2.09. The molecule has 0 amide bonds. The number of carbonyl (C=O) groups is 1. The van der Waals surface area contributed by atoms with Gasteiger partial charge in [0.05, 0.1) is 5.56 Å². The number of hydrogen-bond acceptors (Lipinski definition) is 3. The van der Waals surface area contributed by atoms with Crippen LogP contribution in [0.25, 0.3) is 0 Å². The molecule has 2 N–H and O–H groups in total. The molecule has 1 saturated heterocycles. The van der Waals surface area contributed by atoms with Gasteiger partial charge in [0.25, 0.3) is 0 Å². The number of halogens is 1. The molecule has 2 rings (SSSR count). The fourth-order valence-electron chi connectivity index (χ4n) is 2.08. The zero-order valence-electron chi connectivity index (χ0n) is 9.61. The number of benzene rings is 1. The third-order valence-electron chi connectivity index (χ3n) is 2.91. The summed E-state index contributed by atoms with van der Waals surface area (Å²) in [6, 6.07) is 5.58. The van der Waals surface area contributed by atoms with Crippen molar-refractivity contribution in [3.05, 3.63) is 28.2 Å². The summed E-state index contributed by atoms with van der Waals surface area (Å²) in [5.74, 6) is -0.905. The standard InChI is InChI=1S/C12H15BrN2O2/c1-15-3-2-10(7-15)14-11-5-8(12(16)17)4-9(13)6-11/h4-6,10,14H,2-3,7H2,1H3,(H,16,17). The first-order valence-electron chi connectivity index (χ1n) is 5.53. The first kappa shape index (κ1) is 12.4. The highest BCUT2D eigenvalue weighted by Gasteiger charge is 2.19. The first-order chi connectivity index (χ1) is 8.04. The Labute approximate surface area is 109 Å². The number of aromatic carboxylic acids is 1. The molecule has 1 heterocycles. The Morgan fingerprint density at radius 1 is 1.53 bits per heavy atom. The molecular weight excluding hydrogens is 284 g/mol. The quantitative estimate of drug-likeness (QED) is 0.899. The highest BCUT2D eigenvalue weighted by atomic mass is 79.9. The zero-order valence-corrected chi connectivity index (χ0v) is 11.2. The monoisotopic (exact) mass is 298 g/mol. The number of carboxylic acid groups (broad SMARTS) is 1. The summed E-state index contributed by atoms with van der Waals surface area (Å²) in [5, 5.41) is 12.4. The second-order valence-corrected chi connectivity index (χ2v) is 5.34. The molecule has 5 heteroatoms. The number of likely N-dealkylation sites (tertiary alicyclic amines) is 1. The molecule has 0 saturated carbocycles. The average molecular weight is 299 g/mol. The van der Waals surface area contributed by atoms with E-state index in [1.807, 2.05) is 6.07 Å². The minimum atomic E-state index is -0.905. The van der Waals surface area contributed by atoms with Crippen molar-refractivity contribution in [3.8, 4) is 0 Å². The van der Waals surface area contributed by atoms with Crippen LogP contribution >= 0.6 is 15.9 Å². The maximum absolute atomic E-state index is 10.9. The van der Waals surface area contributed by atoms with E-state index >= 15 is 0 Å². The van der Waals surface area contributed by atoms with E-state index in [4.69, 9.17) is 5.11 Å². The molecule has 17 heavy (non-hydrogen) atoms. The molecule has 0 bridgehead atoms. The molecule has 1 aliphatic heterocycles. The number of likely N-dealkylation sites (N-methyl/N-ethyl adjacent to an activating group) is 1. The molecule has 1 fully saturated rings. The van der Waals surface area contributed by atoms with Gasteiger partial charge >= 0.3 is 5.97 Å². The van der Waals surface area contributed by atoms with Crippen molar-refractivity contribution in [3.63, 3.8) is 0 Å². The van der Waals surface area contributed by atoms with Crippen molar-refractivity contribution in [2.75, 3.05) is 25.5 Å². The van der Waals surface area contributed by atoms with Crippen molar-refractivity contribution >= 4 is 27.6 Å². The lowest BCUT2D eigenvalue weighted by Crippen LogP contribution is -2.23. The van der Waals surface area contributed by atoms with Crippen molar-refractivity contribution in [2.24, 2.45) is 0 Å². The maximum atomic E-state index is 10.9. The largest absolute Gasteiger partial charge is 0.478 e. The summed E-state index contributed by atoms with van der Waals surface area (Å²) < 4.78 is 0.784. The van der Waals surface area contributed by atoms with Gasteiger partial charge in [-0.15, -0.1) is 0 Å². The van der Waals surface area contributed by atoms with Crippen LogP contribution in [-0.2, 0) is 0 Å². The van der Waals surface area contributed by atoms with Crippen molar-refractivity contribution in [1.82, 2.24) is 4.90 Å². The molecule has 1 unspecified atom stereocenters. The van der Waals surface area contributed by atoms with E-state index in [1.165, 1.54) is 0 Å². The van der Waals surface area contributed by atoms with Crippen LogP contribution in [0.15, 0.2) is 22.7 Å².